The van der Waals surface area contributed by atoms with Crippen molar-refractivity contribution in [1.29, 1.82) is 0 Å². The number of amides is 2. The number of hydrogen-bond donors (Lipinski definition) is 1. The first kappa shape index (κ1) is 14.7. The molecule has 1 N–H and O–H groups in total. The number of para-hydroxylation sites is 1. The average molecular weight is 315 g/mol. The highest BCUT2D eigenvalue weighted by molar-refractivity contribution is 7.07. The van der Waals surface area contributed by atoms with Crippen molar-refractivity contribution in [2.75, 3.05) is 18.0 Å². The zero-order valence-corrected chi connectivity index (χ0v) is 12.9. The Balaban J connectivity index is 1.53. The molecule has 22 heavy (non-hydrogen) atoms. The van der Waals surface area contributed by atoms with E-state index in [1.807, 2.05) is 35.7 Å². The van der Waals surface area contributed by atoms with E-state index < -0.39 is 0 Å². The zero-order valence-electron chi connectivity index (χ0n) is 12.1. The van der Waals surface area contributed by atoms with Gasteiger partial charge in [0, 0.05) is 37.0 Å². The summed E-state index contributed by atoms with van der Waals surface area (Å²) >= 11 is 1.55. The molecule has 2 amide bonds. The van der Waals surface area contributed by atoms with Crippen LogP contribution in [0.3, 0.4) is 0 Å². The van der Waals surface area contributed by atoms with Crippen LogP contribution in [-0.2, 0) is 16.0 Å². The Morgan fingerprint density at radius 3 is 2.91 bits per heavy atom. The normalized spacial score (nSPS) is 17.7. The zero-order chi connectivity index (χ0) is 15.4. The second-order valence-electron chi connectivity index (χ2n) is 5.26. The van der Waals surface area contributed by atoms with Crippen LogP contribution in [0.4, 0.5) is 5.69 Å². The molecule has 1 saturated heterocycles. The SMILES string of the molecule is O=C(NCCc1cscn1)C1CC(=O)N(c2ccccc2)C1. The van der Waals surface area contributed by atoms with Gasteiger partial charge >= 0.3 is 0 Å². The molecule has 5 nitrogen and oxygen atoms in total. The van der Waals surface area contributed by atoms with Gasteiger partial charge in [0.2, 0.25) is 11.8 Å². The molecule has 1 fully saturated rings. The molecule has 1 aliphatic rings. The van der Waals surface area contributed by atoms with Crippen molar-refractivity contribution in [3.63, 3.8) is 0 Å². The number of benzene rings is 1. The third-order valence-corrected chi connectivity index (χ3v) is 4.36. The van der Waals surface area contributed by atoms with Crippen molar-refractivity contribution in [3.8, 4) is 0 Å². The smallest absolute Gasteiger partial charge is 0.227 e. The lowest BCUT2D eigenvalue weighted by atomic mass is 10.1. The second-order valence-corrected chi connectivity index (χ2v) is 5.98. The fourth-order valence-corrected chi connectivity index (χ4v) is 3.15. The van der Waals surface area contributed by atoms with Crippen molar-refractivity contribution in [2.24, 2.45) is 5.92 Å². The Hall–Kier alpha value is -2.21. The van der Waals surface area contributed by atoms with Crippen LogP contribution in [0.5, 0.6) is 0 Å². The molecule has 2 heterocycles. The minimum Gasteiger partial charge on any atom is -0.355 e. The second kappa shape index (κ2) is 6.70. The van der Waals surface area contributed by atoms with E-state index in [-0.39, 0.29) is 24.2 Å². The van der Waals surface area contributed by atoms with Gasteiger partial charge < -0.3 is 10.2 Å². The van der Waals surface area contributed by atoms with Gasteiger partial charge in [-0.05, 0) is 12.1 Å². The first-order chi connectivity index (χ1) is 10.7. The van der Waals surface area contributed by atoms with Gasteiger partial charge in [0.1, 0.15) is 0 Å². The van der Waals surface area contributed by atoms with Crippen LogP contribution in [0.1, 0.15) is 12.1 Å². The molecule has 1 aromatic heterocycles. The topological polar surface area (TPSA) is 62.3 Å². The Morgan fingerprint density at radius 2 is 2.18 bits per heavy atom. The standard InChI is InChI=1S/C16H17N3O2S/c20-15-8-12(9-19(15)14-4-2-1-3-5-14)16(21)17-7-6-13-10-22-11-18-13/h1-5,10-12H,6-9H2,(H,17,21). The molecule has 1 atom stereocenters. The van der Waals surface area contributed by atoms with Gasteiger partial charge in [0.15, 0.2) is 0 Å². The number of anilines is 1. The van der Waals surface area contributed by atoms with Gasteiger partial charge in [0.25, 0.3) is 0 Å². The van der Waals surface area contributed by atoms with Gasteiger partial charge in [-0.2, -0.15) is 0 Å². The maximum atomic E-state index is 12.2. The van der Waals surface area contributed by atoms with Gasteiger partial charge in [-0.1, -0.05) is 18.2 Å². The predicted octanol–water partition coefficient (Wildman–Crippen LogP) is 1.85. The molecule has 0 saturated carbocycles. The van der Waals surface area contributed by atoms with Crippen molar-refractivity contribution in [3.05, 3.63) is 46.9 Å². The van der Waals surface area contributed by atoms with E-state index in [1.165, 1.54) is 0 Å². The summed E-state index contributed by atoms with van der Waals surface area (Å²) in [6, 6.07) is 9.47. The van der Waals surface area contributed by atoms with E-state index >= 15 is 0 Å². The van der Waals surface area contributed by atoms with E-state index in [2.05, 4.69) is 10.3 Å². The highest BCUT2D eigenvalue weighted by atomic mass is 32.1. The van der Waals surface area contributed by atoms with Gasteiger partial charge in [0.05, 0.1) is 17.1 Å². The van der Waals surface area contributed by atoms with Gasteiger partial charge in [-0.15, -0.1) is 11.3 Å². The molecule has 0 bridgehead atoms. The van der Waals surface area contributed by atoms with Crippen LogP contribution in [0, 0.1) is 5.92 Å². The number of thiazole rings is 1. The van der Waals surface area contributed by atoms with Crippen molar-refractivity contribution in [1.82, 2.24) is 10.3 Å². The lowest BCUT2D eigenvalue weighted by molar-refractivity contribution is -0.126. The summed E-state index contributed by atoms with van der Waals surface area (Å²) in [5, 5.41) is 4.88. The monoisotopic (exact) mass is 315 g/mol. The van der Waals surface area contributed by atoms with E-state index in [0.29, 0.717) is 13.1 Å². The third kappa shape index (κ3) is 3.33. The molecule has 1 aromatic carbocycles. The van der Waals surface area contributed by atoms with Crippen LogP contribution in [-0.4, -0.2) is 29.9 Å². The molecular formula is C16H17N3O2S. The number of carbonyl (C=O) groups is 2. The van der Waals surface area contributed by atoms with E-state index in [0.717, 1.165) is 17.8 Å². The molecule has 114 valence electrons. The number of nitrogens with zero attached hydrogens (tertiary/aromatic N) is 2. The van der Waals surface area contributed by atoms with E-state index in [9.17, 15) is 9.59 Å². The maximum Gasteiger partial charge on any atom is 0.227 e. The fourth-order valence-electron chi connectivity index (χ4n) is 2.56. The quantitative estimate of drug-likeness (QED) is 0.916. The molecule has 1 unspecified atom stereocenters. The summed E-state index contributed by atoms with van der Waals surface area (Å²) < 4.78 is 0. The number of carbonyl (C=O) groups excluding carboxylic acids is 2. The van der Waals surface area contributed by atoms with Crippen LogP contribution in [0.25, 0.3) is 0 Å². The van der Waals surface area contributed by atoms with Crippen LogP contribution in [0.2, 0.25) is 0 Å². The van der Waals surface area contributed by atoms with Gasteiger partial charge in [-0.25, -0.2) is 4.98 Å². The Kier molecular flexibility index (Phi) is 4.48. The number of nitrogens with one attached hydrogen (secondary N) is 1. The molecule has 3 rings (SSSR count). The van der Waals surface area contributed by atoms with Crippen LogP contribution >= 0.6 is 11.3 Å². The summed E-state index contributed by atoms with van der Waals surface area (Å²) in [5.41, 5.74) is 3.62. The van der Waals surface area contributed by atoms with Crippen molar-refractivity contribution < 1.29 is 9.59 Å². The largest absolute Gasteiger partial charge is 0.355 e. The minimum absolute atomic E-state index is 0.00542. The number of aromatic nitrogens is 1. The van der Waals surface area contributed by atoms with Gasteiger partial charge in [-0.3, -0.25) is 9.59 Å². The average Bonchev–Trinajstić information content (AvgIpc) is 3.17. The molecule has 0 radical (unpaired) electrons. The number of hydrogen-bond acceptors (Lipinski definition) is 4. The summed E-state index contributed by atoms with van der Waals surface area (Å²) in [4.78, 5) is 30.1. The molecular weight excluding hydrogens is 298 g/mol. The Bertz CT molecular complexity index is 643. The lowest BCUT2D eigenvalue weighted by Gasteiger charge is -2.16. The summed E-state index contributed by atoms with van der Waals surface area (Å²) in [5.74, 6) is -0.323. The van der Waals surface area contributed by atoms with Crippen LogP contribution in [0.15, 0.2) is 41.2 Å². The molecule has 2 aromatic rings. The van der Waals surface area contributed by atoms with Crippen LogP contribution < -0.4 is 10.2 Å². The lowest BCUT2D eigenvalue weighted by Crippen LogP contribution is -2.34. The highest BCUT2D eigenvalue weighted by Crippen LogP contribution is 2.24. The van der Waals surface area contributed by atoms with Crippen molar-refractivity contribution in [2.45, 2.75) is 12.8 Å². The fraction of sp³-hybridized carbons (Fsp3) is 0.312. The predicted molar refractivity (Wildman–Crippen MR) is 85.7 cm³/mol. The van der Waals surface area contributed by atoms with E-state index in [4.69, 9.17) is 0 Å². The maximum absolute atomic E-state index is 12.2. The summed E-state index contributed by atoms with van der Waals surface area (Å²) in [6.07, 6.45) is 0.996. The first-order valence-electron chi connectivity index (χ1n) is 7.24. The molecule has 0 spiro atoms. The van der Waals surface area contributed by atoms with Crippen molar-refractivity contribution >= 4 is 28.8 Å². The highest BCUT2D eigenvalue weighted by Gasteiger charge is 2.34. The van der Waals surface area contributed by atoms with E-state index in [1.54, 1.807) is 21.7 Å². The Morgan fingerprint density at radius 1 is 1.36 bits per heavy atom. The summed E-state index contributed by atoms with van der Waals surface area (Å²) in [6.45, 7) is 1.00. The molecule has 0 aliphatic carbocycles. The third-order valence-electron chi connectivity index (χ3n) is 3.73. The number of rotatable bonds is 5. The Labute approximate surface area is 133 Å². The first-order valence-corrected chi connectivity index (χ1v) is 8.18. The molecule has 6 heteroatoms. The summed E-state index contributed by atoms with van der Waals surface area (Å²) in [7, 11) is 0. The molecule has 1 aliphatic heterocycles. The minimum atomic E-state index is -0.275.